The maximum absolute atomic E-state index is 5.96. The Kier molecular flexibility index (Phi) is 9.10. The quantitative estimate of drug-likeness (QED) is 0.446. The van der Waals surface area contributed by atoms with Crippen LogP contribution in [0, 0.1) is 0 Å². The first-order chi connectivity index (χ1) is 7.67. The van der Waals surface area contributed by atoms with Gasteiger partial charge in [-0.05, 0) is 25.9 Å². The average molecular weight is 250 g/mol. The molecule has 0 aromatic rings. The van der Waals surface area contributed by atoms with Gasteiger partial charge in [-0.2, -0.15) is 0 Å². The lowest BCUT2D eigenvalue weighted by Gasteiger charge is -2.31. The molecule has 0 radical (unpaired) electrons. The zero-order valence-corrected chi connectivity index (χ0v) is 11.9. The molecule has 1 unspecified atom stereocenters. The first-order valence-corrected chi connectivity index (χ1v) is 7.82. The van der Waals surface area contributed by atoms with Crippen molar-refractivity contribution in [2.45, 2.75) is 39.0 Å². The SMILES string of the molecule is CCNC(CC)O[Si](CCCN)(OC)OC. The van der Waals surface area contributed by atoms with Crippen molar-refractivity contribution >= 4 is 8.80 Å². The molecule has 0 aromatic heterocycles. The molecule has 0 aliphatic rings. The van der Waals surface area contributed by atoms with Gasteiger partial charge in [0.05, 0.1) is 0 Å². The predicted octanol–water partition coefficient (Wildman–Crippen LogP) is 0.929. The third-order valence-corrected chi connectivity index (χ3v) is 5.29. The molecule has 98 valence electrons. The summed E-state index contributed by atoms with van der Waals surface area (Å²) in [7, 11) is 0.759. The van der Waals surface area contributed by atoms with E-state index in [-0.39, 0.29) is 6.23 Å². The molecular formula is C10H26N2O3Si. The highest BCUT2D eigenvalue weighted by Crippen LogP contribution is 2.18. The second-order valence-electron chi connectivity index (χ2n) is 3.56. The van der Waals surface area contributed by atoms with Gasteiger partial charge < -0.3 is 19.0 Å². The van der Waals surface area contributed by atoms with Gasteiger partial charge in [-0.25, -0.2) is 0 Å². The first-order valence-electron chi connectivity index (χ1n) is 5.89. The summed E-state index contributed by atoms with van der Waals surface area (Å²) in [6.07, 6.45) is 1.74. The molecule has 0 spiro atoms. The van der Waals surface area contributed by atoms with Crippen molar-refractivity contribution in [3.05, 3.63) is 0 Å². The van der Waals surface area contributed by atoms with E-state index in [1.807, 2.05) is 0 Å². The van der Waals surface area contributed by atoms with Crippen LogP contribution in [0.2, 0.25) is 6.04 Å². The van der Waals surface area contributed by atoms with E-state index in [2.05, 4.69) is 19.2 Å². The highest BCUT2D eigenvalue weighted by molar-refractivity contribution is 6.60. The molecule has 0 heterocycles. The second kappa shape index (κ2) is 9.09. The van der Waals surface area contributed by atoms with Crippen molar-refractivity contribution in [1.29, 1.82) is 0 Å². The van der Waals surface area contributed by atoms with Gasteiger partial charge in [0.15, 0.2) is 0 Å². The molecule has 5 nitrogen and oxygen atoms in total. The fourth-order valence-corrected chi connectivity index (χ4v) is 3.68. The van der Waals surface area contributed by atoms with Gasteiger partial charge >= 0.3 is 8.80 Å². The van der Waals surface area contributed by atoms with Gasteiger partial charge in [-0.3, -0.25) is 5.32 Å². The van der Waals surface area contributed by atoms with E-state index in [1.165, 1.54) is 0 Å². The molecule has 16 heavy (non-hydrogen) atoms. The van der Waals surface area contributed by atoms with Crippen LogP contribution in [0.15, 0.2) is 0 Å². The minimum Gasteiger partial charge on any atom is -0.377 e. The zero-order chi connectivity index (χ0) is 12.4. The predicted molar refractivity (Wildman–Crippen MR) is 67.1 cm³/mol. The molecule has 0 aliphatic heterocycles. The molecular weight excluding hydrogens is 224 g/mol. The summed E-state index contributed by atoms with van der Waals surface area (Å²) < 4.78 is 16.9. The third-order valence-electron chi connectivity index (χ3n) is 2.43. The fraction of sp³-hybridized carbons (Fsp3) is 1.00. The van der Waals surface area contributed by atoms with E-state index in [0.717, 1.165) is 25.4 Å². The number of nitrogens with one attached hydrogen (secondary N) is 1. The van der Waals surface area contributed by atoms with E-state index < -0.39 is 8.80 Å². The molecule has 0 aliphatic carbocycles. The van der Waals surface area contributed by atoms with Crippen molar-refractivity contribution in [2.75, 3.05) is 27.3 Å². The Morgan fingerprint density at radius 2 is 1.88 bits per heavy atom. The fourth-order valence-electron chi connectivity index (χ4n) is 1.47. The molecule has 3 N–H and O–H groups in total. The van der Waals surface area contributed by atoms with Crippen LogP contribution in [0.25, 0.3) is 0 Å². The normalized spacial score (nSPS) is 14.1. The van der Waals surface area contributed by atoms with E-state index in [9.17, 15) is 0 Å². The molecule has 0 aromatic carbocycles. The van der Waals surface area contributed by atoms with Gasteiger partial charge in [0.25, 0.3) is 0 Å². The minimum atomic E-state index is -2.53. The van der Waals surface area contributed by atoms with Crippen LogP contribution in [0.5, 0.6) is 0 Å². The van der Waals surface area contributed by atoms with Crippen molar-refractivity contribution in [3.8, 4) is 0 Å². The maximum Gasteiger partial charge on any atom is 0.501 e. The lowest BCUT2D eigenvalue weighted by Crippen LogP contribution is -2.50. The molecule has 0 fully saturated rings. The van der Waals surface area contributed by atoms with Gasteiger partial charge in [-0.15, -0.1) is 0 Å². The molecule has 0 saturated carbocycles. The monoisotopic (exact) mass is 250 g/mol. The van der Waals surface area contributed by atoms with Gasteiger partial charge in [0.2, 0.25) is 0 Å². The Bertz CT molecular complexity index is 168. The highest BCUT2D eigenvalue weighted by atomic mass is 28.4. The lowest BCUT2D eigenvalue weighted by molar-refractivity contribution is 0.0380. The summed E-state index contributed by atoms with van der Waals surface area (Å²) in [5, 5.41) is 3.25. The Morgan fingerprint density at radius 3 is 2.25 bits per heavy atom. The van der Waals surface area contributed by atoms with E-state index in [0.29, 0.717) is 6.54 Å². The number of hydrogen-bond acceptors (Lipinski definition) is 5. The van der Waals surface area contributed by atoms with E-state index in [4.69, 9.17) is 19.0 Å². The standard InChI is InChI=1S/C10H26N2O3Si/c1-5-10(12-6-2)15-16(13-3,14-4)9-7-8-11/h10,12H,5-9,11H2,1-4H3. The van der Waals surface area contributed by atoms with E-state index in [1.54, 1.807) is 14.2 Å². The first kappa shape index (κ1) is 16.0. The number of rotatable bonds is 10. The summed E-state index contributed by atoms with van der Waals surface area (Å²) in [5.74, 6) is 0. The number of hydrogen-bond donors (Lipinski definition) is 2. The van der Waals surface area contributed by atoms with Crippen LogP contribution in [0.1, 0.15) is 26.7 Å². The average Bonchev–Trinajstić information content (AvgIpc) is 2.33. The van der Waals surface area contributed by atoms with Crippen molar-refractivity contribution < 1.29 is 13.3 Å². The molecule has 0 saturated heterocycles. The topological polar surface area (TPSA) is 65.7 Å². The Morgan fingerprint density at radius 1 is 1.25 bits per heavy atom. The zero-order valence-electron chi connectivity index (χ0n) is 10.9. The highest BCUT2D eigenvalue weighted by Gasteiger charge is 2.40. The molecule has 0 rings (SSSR count). The van der Waals surface area contributed by atoms with Crippen molar-refractivity contribution in [3.63, 3.8) is 0 Å². The summed E-state index contributed by atoms with van der Waals surface area (Å²) in [6, 6.07) is 0.762. The van der Waals surface area contributed by atoms with Crippen LogP contribution in [-0.2, 0) is 13.3 Å². The Labute approximate surface area is 100 Å². The van der Waals surface area contributed by atoms with Crippen LogP contribution < -0.4 is 11.1 Å². The smallest absolute Gasteiger partial charge is 0.377 e. The van der Waals surface area contributed by atoms with Crippen molar-refractivity contribution in [2.24, 2.45) is 5.73 Å². The van der Waals surface area contributed by atoms with Crippen LogP contribution in [0.4, 0.5) is 0 Å². The summed E-state index contributed by atoms with van der Waals surface area (Å²) in [6.45, 7) is 5.62. The Hall–Kier alpha value is 0.0169. The Balaban J connectivity index is 4.37. The minimum absolute atomic E-state index is 0.00524. The van der Waals surface area contributed by atoms with E-state index >= 15 is 0 Å². The summed E-state index contributed by atoms with van der Waals surface area (Å²) in [5.41, 5.74) is 5.51. The third kappa shape index (κ3) is 5.38. The second-order valence-corrected chi connectivity index (χ2v) is 6.47. The molecule has 0 bridgehead atoms. The lowest BCUT2D eigenvalue weighted by atomic mass is 10.4. The van der Waals surface area contributed by atoms with Crippen LogP contribution >= 0.6 is 0 Å². The maximum atomic E-state index is 5.96. The van der Waals surface area contributed by atoms with Crippen molar-refractivity contribution in [1.82, 2.24) is 5.32 Å². The van der Waals surface area contributed by atoms with Gasteiger partial charge in [0, 0.05) is 20.3 Å². The summed E-state index contributed by atoms with van der Waals surface area (Å²) >= 11 is 0. The molecule has 1 atom stereocenters. The van der Waals surface area contributed by atoms with Gasteiger partial charge in [0.1, 0.15) is 6.23 Å². The van der Waals surface area contributed by atoms with Gasteiger partial charge in [-0.1, -0.05) is 13.8 Å². The molecule has 0 amide bonds. The molecule has 6 heteroatoms. The van der Waals surface area contributed by atoms with Crippen LogP contribution in [-0.4, -0.2) is 42.3 Å². The summed E-state index contributed by atoms with van der Waals surface area (Å²) in [4.78, 5) is 0. The van der Waals surface area contributed by atoms with Crippen LogP contribution in [0.3, 0.4) is 0 Å². The number of nitrogens with two attached hydrogens (primary N) is 1. The largest absolute Gasteiger partial charge is 0.501 e.